The van der Waals surface area contributed by atoms with Crippen molar-refractivity contribution in [3.8, 4) is 0 Å². The number of amides is 3. The van der Waals surface area contributed by atoms with Gasteiger partial charge in [-0.15, -0.1) is 0 Å². The first-order valence-corrected chi connectivity index (χ1v) is 13.0. The van der Waals surface area contributed by atoms with Crippen molar-refractivity contribution in [2.75, 3.05) is 31.4 Å². The molecule has 0 aromatic heterocycles. The van der Waals surface area contributed by atoms with Crippen molar-refractivity contribution in [2.24, 2.45) is 0 Å². The number of carbonyl (C=O) groups excluding carboxylic acids is 3. The molecule has 0 spiro atoms. The van der Waals surface area contributed by atoms with Crippen LogP contribution in [0.15, 0.2) is 71.2 Å². The van der Waals surface area contributed by atoms with E-state index in [1.807, 2.05) is 6.07 Å². The third-order valence-corrected chi connectivity index (χ3v) is 7.35. The largest absolute Gasteiger partial charge is 0.361 e. The average molecular weight is 582 g/mol. The van der Waals surface area contributed by atoms with Crippen molar-refractivity contribution in [2.45, 2.75) is 31.4 Å². The molecule has 2 unspecified atom stereocenters. The van der Waals surface area contributed by atoms with Crippen LogP contribution in [-0.2, 0) is 9.53 Å². The van der Waals surface area contributed by atoms with E-state index in [4.69, 9.17) is 4.74 Å². The van der Waals surface area contributed by atoms with E-state index in [0.717, 1.165) is 0 Å². The second kappa shape index (κ2) is 11.9. The maximum atomic E-state index is 14.4. The minimum atomic E-state index is -0.596. The molecule has 4 rings (SSSR count). The summed E-state index contributed by atoms with van der Waals surface area (Å²) in [7, 11) is 4.90. The Bertz CT molecular complexity index is 1350. The Morgan fingerprint density at radius 3 is 2.42 bits per heavy atom. The van der Waals surface area contributed by atoms with Crippen molar-refractivity contribution in [1.82, 2.24) is 4.90 Å². The number of anilines is 2. The van der Waals surface area contributed by atoms with Crippen molar-refractivity contribution in [3.05, 3.63) is 93.7 Å². The summed E-state index contributed by atoms with van der Waals surface area (Å²) in [5.41, 5.74) is 2.52. The molecule has 9 heteroatoms. The normalized spacial score (nSPS) is 16.8. The highest BCUT2D eigenvalue weighted by Gasteiger charge is 2.35. The van der Waals surface area contributed by atoms with Crippen molar-refractivity contribution >= 4 is 45.0 Å². The monoisotopic (exact) mass is 581 g/mol. The number of benzene rings is 3. The van der Waals surface area contributed by atoms with Crippen LogP contribution in [0.4, 0.5) is 15.8 Å². The van der Waals surface area contributed by atoms with Crippen LogP contribution in [-0.4, -0.2) is 50.1 Å². The Labute approximate surface area is 229 Å². The van der Waals surface area contributed by atoms with Gasteiger partial charge in [0, 0.05) is 43.3 Å². The van der Waals surface area contributed by atoms with Crippen LogP contribution in [0.1, 0.15) is 51.5 Å². The fourth-order valence-corrected chi connectivity index (χ4v) is 5.07. The molecule has 1 N–H and O–H groups in total. The second-order valence-corrected chi connectivity index (χ2v) is 10.2. The molecule has 0 fully saturated rings. The fraction of sp³-hybridized carbons (Fsp3) is 0.276. The SMILES string of the molecule is COC1CCC(CC(=O)N(C)C)c2cc(F)ccc2N1C(=O)c1ccc(NC(=O)c2ccccc2Br)cc1. The smallest absolute Gasteiger partial charge is 0.260 e. The molecule has 0 aliphatic carbocycles. The van der Waals surface area contributed by atoms with E-state index < -0.39 is 12.0 Å². The van der Waals surface area contributed by atoms with E-state index in [-0.39, 0.29) is 30.1 Å². The summed E-state index contributed by atoms with van der Waals surface area (Å²) < 4.78 is 20.7. The molecular formula is C29H29BrFN3O4. The number of nitrogens with one attached hydrogen (secondary N) is 1. The lowest BCUT2D eigenvalue weighted by atomic mass is 9.90. The first-order valence-electron chi connectivity index (χ1n) is 12.2. The van der Waals surface area contributed by atoms with E-state index >= 15 is 0 Å². The number of halogens is 2. The second-order valence-electron chi connectivity index (χ2n) is 9.35. The fourth-order valence-electron chi connectivity index (χ4n) is 4.60. The standard InChI is InChI=1S/C29H29BrFN3O4/c1-33(2)26(35)16-19-10-15-27(38-3)34(25-14-11-20(31)17-23(19)25)29(37)18-8-12-21(13-9-18)32-28(36)22-6-4-5-7-24(22)30/h4-9,11-14,17,19,27H,10,15-16H2,1-3H3,(H,32,36). The van der Waals surface area contributed by atoms with Gasteiger partial charge in [0.2, 0.25) is 5.91 Å². The maximum Gasteiger partial charge on any atom is 0.260 e. The van der Waals surface area contributed by atoms with Gasteiger partial charge in [0.25, 0.3) is 11.8 Å². The van der Waals surface area contributed by atoms with Gasteiger partial charge >= 0.3 is 0 Å². The lowest BCUT2D eigenvalue weighted by Gasteiger charge is -2.30. The van der Waals surface area contributed by atoms with Crippen molar-refractivity contribution < 1.29 is 23.5 Å². The molecule has 0 radical (unpaired) electrons. The predicted molar refractivity (Wildman–Crippen MR) is 148 cm³/mol. The van der Waals surface area contributed by atoms with E-state index in [2.05, 4.69) is 21.2 Å². The third-order valence-electron chi connectivity index (χ3n) is 6.66. The Kier molecular flexibility index (Phi) is 8.58. The molecular weight excluding hydrogens is 553 g/mol. The molecule has 7 nitrogen and oxygen atoms in total. The van der Waals surface area contributed by atoms with Gasteiger partial charge in [0.15, 0.2) is 0 Å². The van der Waals surface area contributed by atoms with Gasteiger partial charge in [0.1, 0.15) is 12.0 Å². The number of ether oxygens (including phenoxy) is 1. The van der Waals surface area contributed by atoms with Gasteiger partial charge in [-0.25, -0.2) is 4.39 Å². The number of nitrogens with zero attached hydrogens (tertiary/aromatic N) is 2. The number of methoxy groups -OCH3 is 1. The summed E-state index contributed by atoms with van der Waals surface area (Å²) >= 11 is 3.38. The van der Waals surface area contributed by atoms with Crippen LogP contribution in [0.5, 0.6) is 0 Å². The zero-order chi connectivity index (χ0) is 27.4. The molecule has 0 saturated carbocycles. The van der Waals surface area contributed by atoms with Crippen molar-refractivity contribution in [3.63, 3.8) is 0 Å². The highest BCUT2D eigenvalue weighted by molar-refractivity contribution is 9.10. The molecule has 1 heterocycles. The predicted octanol–water partition coefficient (Wildman–Crippen LogP) is 5.82. The maximum absolute atomic E-state index is 14.4. The third kappa shape index (κ3) is 5.95. The molecule has 198 valence electrons. The molecule has 38 heavy (non-hydrogen) atoms. The van der Waals surface area contributed by atoms with Crippen LogP contribution < -0.4 is 10.2 Å². The molecule has 0 saturated heterocycles. The summed E-state index contributed by atoms with van der Waals surface area (Å²) in [5, 5.41) is 2.83. The van der Waals surface area contributed by atoms with Crippen LogP contribution in [0.2, 0.25) is 0 Å². The Morgan fingerprint density at radius 1 is 1.05 bits per heavy atom. The van der Waals surface area contributed by atoms with E-state index in [9.17, 15) is 18.8 Å². The quantitative estimate of drug-likeness (QED) is 0.398. The van der Waals surface area contributed by atoms with Gasteiger partial charge in [0.05, 0.1) is 11.3 Å². The first-order chi connectivity index (χ1) is 18.2. The molecule has 3 amide bonds. The topological polar surface area (TPSA) is 79.0 Å². The summed E-state index contributed by atoms with van der Waals surface area (Å²) in [4.78, 5) is 42.0. The molecule has 2 atom stereocenters. The average Bonchev–Trinajstić information content (AvgIpc) is 3.05. The summed E-state index contributed by atoms with van der Waals surface area (Å²) in [5.74, 6) is -1.37. The minimum absolute atomic E-state index is 0.0703. The zero-order valence-corrected chi connectivity index (χ0v) is 23.0. The van der Waals surface area contributed by atoms with E-state index in [0.29, 0.717) is 45.4 Å². The molecule has 1 aliphatic heterocycles. The van der Waals surface area contributed by atoms with Gasteiger partial charge < -0.3 is 15.0 Å². The number of carbonyl (C=O) groups is 3. The Balaban J connectivity index is 1.62. The lowest BCUT2D eigenvalue weighted by Crippen LogP contribution is -2.41. The molecule has 3 aromatic carbocycles. The number of hydrogen-bond donors (Lipinski definition) is 1. The number of rotatable bonds is 6. The zero-order valence-electron chi connectivity index (χ0n) is 21.4. The van der Waals surface area contributed by atoms with Crippen LogP contribution >= 0.6 is 15.9 Å². The van der Waals surface area contributed by atoms with Gasteiger partial charge in [-0.05, 0) is 94.9 Å². The molecule has 0 bridgehead atoms. The molecule has 1 aliphatic rings. The lowest BCUT2D eigenvalue weighted by molar-refractivity contribution is -0.129. The minimum Gasteiger partial charge on any atom is -0.361 e. The van der Waals surface area contributed by atoms with Crippen molar-refractivity contribution in [1.29, 1.82) is 0 Å². The van der Waals surface area contributed by atoms with Gasteiger partial charge in [-0.3, -0.25) is 19.3 Å². The highest BCUT2D eigenvalue weighted by atomic mass is 79.9. The Hall–Kier alpha value is -3.56. The Morgan fingerprint density at radius 2 is 1.76 bits per heavy atom. The molecule has 3 aromatic rings. The van der Waals surface area contributed by atoms with Gasteiger partial charge in [-0.2, -0.15) is 0 Å². The van der Waals surface area contributed by atoms with Crippen LogP contribution in [0.25, 0.3) is 0 Å². The van der Waals surface area contributed by atoms with Crippen LogP contribution in [0.3, 0.4) is 0 Å². The first kappa shape index (κ1) is 27.5. The van der Waals surface area contributed by atoms with Gasteiger partial charge in [-0.1, -0.05) is 12.1 Å². The van der Waals surface area contributed by atoms with E-state index in [1.54, 1.807) is 62.6 Å². The highest BCUT2D eigenvalue weighted by Crippen LogP contribution is 2.40. The summed E-state index contributed by atoms with van der Waals surface area (Å²) in [6, 6.07) is 18.0. The summed E-state index contributed by atoms with van der Waals surface area (Å²) in [6.45, 7) is 0. The van der Waals surface area contributed by atoms with E-state index in [1.165, 1.54) is 29.0 Å². The summed E-state index contributed by atoms with van der Waals surface area (Å²) in [6.07, 6.45) is 0.636. The number of hydrogen-bond acceptors (Lipinski definition) is 4. The number of fused-ring (bicyclic) bond motifs is 1. The van der Waals surface area contributed by atoms with Crippen LogP contribution in [0, 0.1) is 5.82 Å².